The van der Waals surface area contributed by atoms with Crippen LogP contribution in [0.25, 0.3) is 0 Å². The van der Waals surface area contributed by atoms with Gasteiger partial charge in [-0.1, -0.05) is 22.8 Å². The molecule has 18 heavy (non-hydrogen) atoms. The smallest absolute Gasteiger partial charge is 0.261 e. The van der Waals surface area contributed by atoms with Crippen LogP contribution < -0.4 is 15.8 Å². The average molecular weight is 272 g/mol. The summed E-state index contributed by atoms with van der Waals surface area (Å²) < 4.78 is 5.38. The van der Waals surface area contributed by atoms with Gasteiger partial charge in [0.15, 0.2) is 11.9 Å². The Kier molecular flexibility index (Phi) is 5.26. The molecule has 0 spiro atoms. The van der Waals surface area contributed by atoms with Gasteiger partial charge in [0, 0.05) is 5.02 Å². The van der Waals surface area contributed by atoms with Gasteiger partial charge >= 0.3 is 0 Å². The number of amidine groups is 1. The van der Waals surface area contributed by atoms with Gasteiger partial charge in [0.25, 0.3) is 5.91 Å². The Balaban J connectivity index is 2.50. The first-order valence-electron chi connectivity index (χ1n) is 5.19. The molecule has 1 amide bonds. The lowest BCUT2D eigenvalue weighted by molar-refractivity contribution is -0.126. The van der Waals surface area contributed by atoms with Crippen molar-refractivity contribution in [2.75, 3.05) is 6.54 Å². The zero-order valence-electron chi connectivity index (χ0n) is 9.76. The summed E-state index contributed by atoms with van der Waals surface area (Å²) in [6.45, 7) is 1.54. The van der Waals surface area contributed by atoms with Crippen molar-refractivity contribution in [1.29, 1.82) is 0 Å². The van der Waals surface area contributed by atoms with Crippen LogP contribution in [-0.4, -0.2) is 29.6 Å². The van der Waals surface area contributed by atoms with Crippen molar-refractivity contribution in [2.24, 2.45) is 10.9 Å². The third kappa shape index (κ3) is 4.50. The molecule has 0 aromatic heterocycles. The normalized spacial score (nSPS) is 12.9. The van der Waals surface area contributed by atoms with Crippen LogP contribution in [0.1, 0.15) is 6.92 Å². The number of benzene rings is 1. The van der Waals surface area contributed by atoms with Crippen LogP contribution in [-0.2, 0) is 4.79 Å². The number of carbonyl (C=O) groups excluding carboxylic acids is 1. The summed E-state index contributed by atoms with van der Waals surface area (Å²) in [5.41, 5.74) is 5.22. The number of carbonyl (C=O) groups is 1. The van der Waals surface area contributed by atoms with Crippen molar-refractivity contribution in [3.05, 3.63) is 29.3 Å². The quantitative estimate of drug-likeness (QED) is 0.322. The summed E-state index contributed by atoms with van der Waals surface area (Å²) in [5, 5.41) is 14.0. The summed E-state index contributed by atoms with van der Waals surface area (Å²) in [6.07, 6.45) is -0.713. The molecule has 0 saturated heterocycles. The maximum Gasteiger partial charge on any atom is 0.261 e. The topological polar surface area (TPSA) is 96.9 Å². The summed E-state index contributed by atoms with van der Waals surface area (Å²) in [5.74, 6) is 0.0360. The molecular weight excluding hydrogens is 258 g/mol. The fourth-order valence-corrected chi connectivity index (χ4v) is 1.33. The molecule has 1 unspecified atom stereocenters. The minimum absolute atomic E-state index is 0.0431. The maximum absolute atomic E-state index is 11.6. The highest BCUT2D eigenvalue weighted by atomic mass is 35.5. The summed E-state index contributed by atoms with van der Waals surface area (Å²) >= 11 is 5.79. The van der Waals surface area contributed by atoms with Gasteiger partial charge in [0.05, 0.1) is 6.54 Å². The largest absolute Gasteiger partial charge is 0.481 e. The predicted octanol–water partition coefficient (Wildman–Crippen LogP) is 0.970. The van der Waals surface area contributed by atoms with Crippen molar-refractivity contribution in [3.63, 3.8) is 0 Å². The van der Waals surface area contributed by atoms with E-state index in [-0.39, 0.29) is 18.3 Å². The Bertz CT molecular complexity index is 451. The number of rotatable bonds is 5. The lowest BCUT2D eigenvalue weighted by atomic mass is 10.3. The Morgan fingerprint density at radius 2 is 2.39 bits per heavy atom. The molecule has 7 heteroatoms. The number of nitrogens with zero attached hydrogens (tertiary/aromatic N) is 1. The highest BCUT2D eigenvalue weighted by Crippen LogP contribution is 2.18. The molecule has 0 fully saturated rings. The van der Waals surface area contributed by atoms with E-state index in [1.165, 1.54) is 0 Å². The van der Waals surface area contributed by atoms with Gasteiger partial charge in [0.1, 0.15) is 5.75 Å². The van der Waals surface area contributed by atoms with E-state index in [1.54, 1.807) is 31.2 Å². The molecule has 0 aliphatic carbocycles. The molecule has 1 atom stereocenters. The van der Waals surface area contributed by atoms with E-state index in [2.05, 4.69) is 10.5 Å². The van der Waals surface area contributed by atoms with Crippen molar-refractivity contribution >= 4 is 23.3 Å². The van der Waals surface area contributed by atoms with Gasteiger partial charge in [-0.25, -0.2) is 0 Å². The van der Waals surface area contributed by atoms with Crippen LogP contribution in [0.4, 0.5) is 0 Å². The van der Waals surface area contributed by atoms with Crippen LogP contribution in [0.5, 0.6) is 5.75 Å². The van der Waals surface area contributed by atoms with Crippen molar-refractivity contribution in [1.82, 2.24) is 5.32 Å². The predicted molar refractivity (Wildman–Crippen MR) is 68.0 cm³/mol. The van der Waals surface area contributed by atoms with Crippen LogP contribution in [0.15, 0.2) is 29.4 Å². The first-order valence-corrected chi connectivity index (χ1v) is 5.57. The zero-order valence-corrected chi connectivity index (χ0v) is 10.5. The molecule has 1 aromatic carbocycles. The number of hydrogen-bond donors (Lipinski definition) is 3. The van der Waals surface area contributed by atoms with E-state index in [1.807, 2.05) is 0 Å². The lowest BCUT2D eigenvalue weighted by Crippen LogP contribution is -2.40. The van der Waals surface area contributed by atoms with Crippen LogP contribution in [0.2, 0.25) is 5.02 Å². The lowest BCUT2D eigenvalue weighted by Gasteiger charge is -2.14. The number of halogens is 1. The van der Waals surface area contributed by atoms with Gasteiger partial charge in [0.2, 0.25) is 0 Å². The first kappa shape index (κ1) is 14.1. The second-order valence-corrected chi connectivity index (χ2v) is 3.96. The van der Waals surface area contributed by atoms with Crippen LogP contribution in [0.3, 0.4) is 0 Å². The maximum atomic E-state index is 11.6. The molecule has 0 aliphatic heterocycles. The molecule has 0 aliphatic rings. The highest BCUT2D eigenvalue weighted by molar-refractivity contribution is 6.30. The molecule has 0 radical (unpaired) electrons. The number of hydrogen-bond acceptors (Lipinski definition) is 4. The van der Waals surface area contributed by atoms with Crippen LogP contribution in [0, 0.1) is 0 Å². The molecule has 0 saturated carbocycles. The van der Waals surface area contributed by atoms with E-state index < -0.39 is 6.10 Å². The van der Waals surface area contributed by atoms with Crippen molar-refractivity contribution in [3.8, 4) is 5.75 Å². The van der Waals surface area contributed by atoms with Gasteiger partial charge in [-0.2, -0.15) is 0 Å². The third-order valence-corrected chi connectivity index (χ3v) is 2.29. The monoisotopic (exact) mass is 271 g/mol. The Morgan fingerprint density at radius 3 is 3.00 bits per heavy atom. The van der Waals surface area contributed by atoms with E-state index in [0.717, 1.165) is 0 Å². The Labute approximate surface area is 109 Å². The van der Waals surface area contributed by atoms with Gasteiger partial charge < -0.3 is 21.0 Å². The number of nitrogens with two attached hydrogens (primary N) is 1. The summed E-state index contributed by atoms with van der Waals surface area (Å²) in [4.78, 5) is 11.6. The van der Waals surface area contributed by atoms with Gasteiger partial charge in [-0.05, 0) is 25.1 Å². The Morgan fingerprint density at radius 1 is 1.67 bits per heavy atom. The minimum Gasteiger partial charge on any atom is -0.481 e. The van der Waals surface area contributed by atoms with Crippen molar-refractivity contribution in [2.45, 2.75) is 13.0 Å². The second-order valence-electron chi connectivity index (χ2n) is 3.53. The second kappa shape index (κ2) is 6.70. The van der Waals surface area contributed by atoms with E-state index in [9.17, 15) is 4.79 Å². The standard InChI is InChI=1S/C11H14ClN3O3/c1-7(11(16)14-6-10(13)15-17)18-9-4-2-3-8(12)5-9/h2-5,7,17H,6H2,1H3,(H2,13,15)(H,14,16). The fourth-order valence-electron chi connectivity index (χ4n) is 1.15. The number of ether oxygens (including phenoxy) is 1. The first-order chi connectivity index (χ1) is 8.52. The SMILES string of the molecule is CC(Oc1cccc(Cl)c1)C(=O)NCC(N)=NO. The molecular formula is C11H14ClN3O3. The molecule has 6 nitrogen and oxygen atoms in total. The number of amides is 1. The minimum atomic E-state index is -0.713. The Hall–Kier alpha value is -1.95. The molecule has 0 bridgehead atoms. The highest BCUT2D eigenvalue weighted by Gasteiger charge is 2.14. The molecule has 98 valence electrons. The van der Waals surface area contributed by atoms with Gasteiger partial charge in [-0.15, -0.1) is 0 Å². The molecule has 1 rings (SSSR count). The zero-order chi connectivity index (χ0) is 13.5. The summed E-state index contributed by atoms with van der Waals surface area (Å²) in [7, 11) is 0. The fraction of sp³-hybridized carbons (Fsp3) is 0.273. The van der Waals surface area contributed by atoms with Crippen LogP contribution >= 0.6 is 11.6 Å². The number of nitrogens with one attached hydrogen (secondary N) is 1. The molecule has 1 aromatic rings. The van der Waals surface area contributed by atoms with Crippen molar-refractivity contribution < 1.29 is 14.7 Å². The molecule has 4 N–H and O–H groups in total. The number of oxime groups is 1. The van der Waals surface area contributed by atoms with Gasteiger partial charge in [-0.3, -0.25) is 4.79 Å². The summed E-state index contributed by atoms with van der Waals surface area (Å²) in [6, 6.07) is 6.73. The third-order valence-electron chi connectivity index (χ3n) is 2.05. The van der Waals surface area contributed by atoms with E-state index in [4.69, 9.17) is 27.3 Å². The van der Waals surface area contributed by atoms with E-state index in [0.29, 0.717) is 10.8 Å². The average Bonchev–Trinajstić information content (AvgIpc) is 2.35. The molecule has 0 heterocycles. The van der Waals surface area contributed by atoms with E-state index >= 15 is 0 Å².